The number of furan rings is 1. The fourth-order valence-corrected chi connectivity index (χ4v) is 6.15. The van der Waals surface area contributed by atoms with Crippen molar-refractivity contribution in [1.82, 2.24) is 0 Å². The van der Waals surface area contributed by atoms with Crippen LogP contribution in [-0.4, -0.2) is 0 Å². The lowest BCUT2D eigenvalue weighted by Gasteiger charge is -2.25. The van der Waals surface area contributed by atoms with Crippen LogP contribution in [0.15, 0.2) is 144 Å². The number of hydrogen-bond donors (Lipinski definition) is 0. The first-order valence-electron chi connectivity index (χ1n) is 14.5. The van der Waals surface area contributed by atoms with Crippen molar-refractivity contribution in [2.45, 2.75) is 19.3 Å². The molecule has 0 aliphatic carbocycles. The van der Waals surface area contributed by atoms with Gasteiger partial charge in [0.15, 0.2) is 5.58 Å². The molecular weight excluding hydrogens is 514 g/mol. The van der Waals surface area contributed by atoms with Crippen LogP contribution in [0.25, 0.3) is 38.5 Å². The number of anilines is 3. The lowest BCUT2D eigenvalue weighted by molar-refractivity contribution is 0.510. The molecule has 3 heteroatoms. The van der Waals surface area contributed by atoms with Gasteiger partial charge in [-0.25, -0.2) is 0 Å². The van der Waals surface area contributed by atoms with Crippen LogP contribution in [-0.2, 0) is 0 Å². The fraction of sp³-hybridized carbons (Fsp3) is 0.0769. The summed E-state index contributed by atoms with van der Waals surface area (Å²) < 4.78 is 13.3. The average molecular weight is 544 g/mol. The number of benzene rings is 6. The summed E-state index contributed by atoms with van der Waals surface area (Å²) in [4.78, 5) is 2.29. The Hall–Kier alpha value is -5.28. The van der Waals surface area contributed by atoms with Crippen LogP contribution in [0.3, 0.4) is 0 Å². The van der Waals surface area contributed by atoms with E-state index in [1.807, 2.05) is 18.2 Å². The molecule has 6 aromatic carbocycles. The molecule has 0 saturated heterocycles. The van der Waals surface area contributed by atoms with Gasteiger partial charge in [-0.3, -0.25) is 0 Å². The lowest BCUT2D eigenvalue weighted by Crippen LogP contribution is -2.10. The van der Waals surface area contributed by atoms with Crippen LogP contribution in [0.1, 0.15) is 30.4 Å². The molecule has 1 aliphatic heterocycles. The number of hydrogen-bond acceptors (Lipinski definition) is 3. The number of allylic oxidation sites excluding steroid dienone is 1. The van der Waals surface area contributed by atoms with Crippen molar-refractivity contribution < 1.29 is 9.15 Å². The minimum absolute atomic E-state index is 0.317. The first-order chi connectivity index (χ1) is 20.7. The van der Waals surface area contributed by atoms with E-state index in [1.165, 1.54) is 16.3 Å². The van der Waals surface area contributed by atoms with Crippen LogP contribution < -0.4 is 9.64 Å². The molecule has 0 fully saturated rings. The van der Waals surface area contributed by atoms with Crippen molar-refractivity contribution in [3.8, 4) is 5.75 Å². The molecule has 0 N–H and O–H groups in total. The number of rotatable bonds is 4. The van der Waals surface area contributed by atoms with Crippen molar-refractivity contribution in [2.24, 2.45) is 0 Å². The zero-order valence-corrected chi connectivity index (χ0v) is 23.3. The highest BCUT2D eigenvalue weighted by molar-refractivity contribution is 6.11. The monoisotopic (exact) mass is 543 g/mol. The molecule has 0 amide bonds. The Labute approximate surface area is 244 Å². The summed E-state index contributed by atoms with van der Waals surface area (Å²) in [5, 5.41) is 4.62. The Bertz CT molecular complexity index is 2110. The fourth-order valence-electron chi connectivity index (χ4n) is 6.15. The molecule has 8 rings (SSSR count). The second-order valence-corrected chi connectivity index (χ2v) is 11.0. The van der Waals surface area contributed by atoms with Crippen LogP contribution in [0.4, 0.5) is 17.1 Å². The Balaban J connectivity index is 1.31. The van der Waals surface area contributed by atoms with E-state index in [1.54, 1.807) is 0 Å². The molecule has 42 heavy (non-hydrogen) atoms. The van der Waals surface area contributed by atoms with Gasteiger partial charge in [-0.05, 0) is 71.1 Å². The molecule has 1 aliphatic rings. The Kier molecular flexibility index (Phi) is 5.82. The summed E-state index contributed by atoms with van der Waals surface area (Å²) in [6.45, 7) is 2.27. The quantitative estimate of drug-likeness (QED) is 0.221. The molecule has 2 heterocycles. The zero-order valence-electron chi connectivity index (χ0n) is 23.3. The maximum absolute atomic E-state index is 6.74. The smallest absolute Gasteiger partial charge is 0.159 e. The highest BCUT2D eigenvalue weighted by Gasteiger charge is 2.23. The van der Waals surface area contributed by atoms with Crippen molar-refractivity contribution in [2.75, 3.05) is 4.90 Å². The first kappa shape index (κ1) is 24.5. The largest absolute Gasteiger partial charge is 0.457 e. The first-order valence-corrected chi connectivity index (χ1v) is 14.5. The van der Waals surface area contributed by atoms with Gasteiger partial charge >= 0.3 is 0 Å². The highest BCUT2D eigenvalue weighted by atomic mass is 16.5. The van der Waals surface area contributed by atoms with Gasteiger partial charge in [0.1, 0.15) is 17.1 Å². The predicted molar refractivity (Wildman–Crippen MR) is 174 cm³/mol. The van der Waals surface area contributed by atoms with Gasteiger partial charge < -0.3 is 14.1 Å². The molecule has 3 nitrogen and oxygen atoms in total. The van der Waals surface area contributed by atoms with Gasteiger partial charge in [0.05, 0.1) is 5.69 Å². The maximum Gasteiger partial charge on any atom is 0.159 e. The van der Waals surface area contributed by atoms with Crippen molar-refractivity contribution in [3.05, 3.63) is 151 Å². The van der Waals surface area contributed by atoms with Crippen molar-refractivity contribution in [1.29, 1.82) is 0 Å². The highest BCUT2D eigenvalue weighted by Crippen LogP contribution is 2.45. The molecular formula is C39H29NO2. The molecule has 202 valence electrons. The van der Waals surface area contributed by atoms with Gasteiger partial charge in [0, 0.05) is 33.8 Å². The molecule has 0 spiro atoms. The number of nitrogens with zero attached hydrogens (tertiary/aromatic N) is 1. The summed E-state index contributed by atoms with van der Waals surface area (Å²) in [7, 11) is 0. The molecule has 1 unspecified atom stereocenters. The van der Waals surface area contributed by atoms with Gasteiger partial charge in [0.25, 0.3) is 0 Å². The number of para-hydroxylation sites is 2. The third-order valence-electron chi connectivity index (χ3n) is 8.32. The van der Waals surface area contributed by atoms with Gasteiger partial charge in [-0.2, -0.15) is 0 Å². The van der Waals surface area contributed by atoms with Gasteiger partial charge in [-0.1, -0.05) is 97.9 Å². The van der Waals surface area contributed by atoms with Crippen molar-refractivity contribution >= 4 is 55.5 Å². The minimum Gasteiger partial charge on any atom is -0.457 e. The third-order valence-corrected chi connectivity index (χ3v) is 8.32. The molecule has 1 atom stereocenters. The van der Waals surface area contributed by atoms with E-state index in [2.05, 4.69) is 133 Å². The van der Waals surface area contributed by atoms with E-state index in [0.29, 0.717) is 5.92 Å². The number of fused-ring (bicyclic) bond motifs is 5. The predicted octanol–water partition coefficient (Wildman–Crippen LogP) is 11.1. The molecule has 7 aromatic rings. The van der Waals surface area contributed by atoms with Gasteiger partial charge in [-0.15, -0.1) is 0 Å². The summed E-state index contributed by atoms with van der Waals surface area (Å²) in [6.07, 6.45) is 3.12. The summed E-state index contributed by atoms with van der Waals surface area (Å²) >= 11 is 0. The summed E-state index contributed by atoms with van der Waals surface area (Å²) in [6, 6.07) is 46.7. The van der Waals surface area contributed by atoms with Crippen LogP contribution in [0, 0.1) is 0 Å². The molecule has 0 radical (unpaired) electrons. The Morgan fingerprint density at radius 1 is 0.643 bits per heavy atom. The third kappa shape index (κ3) is 4.13. The van der Waals surface area contributed by atoms with Gasteiger partial charge in [0.2, 0.25) is 0 Å². The number of ether oxygens (including phenoxy) is 1. The van der Waals surface area contributed by atoms with Crippen LogP contribution in [0.2, 0.25) is 0 Å². The standard InChI is InChI=1S/C39H29NO2/c1-26-19-22-36(28-12-4-2-5-13-28)41-37-25-38-34(24-33(26)37)32-17-10-18-35(39(32)42-38)40(30-15-6-3-7-16-30)31-21-20-27-11-8-9-14-29(27)23-31/h2-18,20-26H,19H2,1H3. The summed E-state index contributed by atoms with van der Waals surface area (Å²) in [5.74, 6) is 2.07. The van der Waals surface area contributed by atoms with Crippen LogP contribution in [0.5, 0.6) is 5.75 Å². The molecule has 1 aromatic heterocycles. The summed E-state index contributed by atoms with van der Waals surface area (Å²) in [5.41, 5.74) is 7.12. The van der Waals surface area contributed by atoms with E-state index in [4.69, 9.17) is 9.15 Å². The lowest BCUT2D eigenvalue weighted by atomic mass is 9.95. The minimum atomic E-state index is 0.317. The van der Waals surface area contributed by atoms with E-state index >= 15 is 0 Å². The topological polar surface area (TPSA) is 25.6 Å². The van der Waals surface area contributed by atoms with Crippen molar-refractivity contribution in [3.63, 3.8) is 0 Å². The Morgan fingerprint density at radius 3 is 2.24 bits per heavy atom. The normalized spacial score (nSPS) is 14.8. The maximum atomic E-state index is 6.74. The van der Waals surface area contributed by atoms with E-state index in [-0.39, 0.29) is 0 Å². The Morgan fingerprint density at radius 2 is 1.40 bits per heavy atom. The SMILES string of the molecule is CC1CC=C(c2ccccc2)Oc2cc3oc4c(N(c5ccccc5)c5ccc6ccccc6c5)cccc4c3cc21. The van der Waals surface area contributed by atoms with E-state index < -0.39 is 0 Å². The molecule has 0 bridgehead atoms. The van der Waals surface area contributed by atoms with Crippen LogP contribution >= 0.6 is 0 Å². The van der Waals surface area contributed by atoms with E-state index in [0.717, 1.165) is 62.5 Å². The second-order valence-electron chi connectivity index (χ2n) is 11.0. The van der Waals surface area contributed by atoms with E-state index in [9.17, 15) is 0 Å². The zero-order chi connectivity index (χ0) is 28.0. The molecule has 0 saturated carbocycles. The second kappa shape index (κ2) is 9.97. The average Bonchev–Trinajstić information content (AvgIpc) is 3.33.